The molecule has 0 aromatic heterocycles. The van der Waals surface area contributed by atoms with Gasteiger partial charge >= 0.3 is 0 Å². The van der Waals surface area contributed by atoms with Crippen molar-refractivity contribution in [3.05, 3.63) is 0 Å². The molecule has 4 nitrogen and oxygen atoms in total. The predicted octanol–water partition coefficient (Wildman–Crippen LogP) is 2.83. The van der Waals surface area contributed by atoms with Crippen molar-refractivity contribution in [2.75, 3.05) is 13.6 Å². The van der Waals surface area contributed by atoms with Gasteiger partial charge in [0.1, 0.15) is 0 Å². The number of aliphatic imine (C=N–C) groups is 1. The molecule has 3 rings (SSSR count). The van der Waals surface area contributed by atoms with Gasteiger partial charge in [-0.25, -0.2) is 0 Å². The molecule has 2 aliphatic heterocycles. The first-order valence-electron chi connectivity index (χ1n) is 8.98. The van der Waals surface area contributed by atoms with Crippen molar-refractivity contribution in [1.29, 1.82) is 0 Å². The quantitative estimate of drug-likeness (QED) is 0.450. The van der Waals surface area contributed by atoms with Crippen molar-refractivity contribution in [3.63, 3.8) is 0 Å². The highest BCUT2D eigenvalue weighted by molar-refractivity contribution is 5.80. The van der Waals surface area contributed by atoms with Gasteiger partial charge in [0.25, 0.3) is 0 Å². The third-order valence-corrected chi connectivity index (χ3v) is 5.46. The molecule has 1 aliphatic carbocycles. The molecule has 3 fully saturated rings. The van der Waals surface area contributed by atoms with Crippen LogP contribution in [0, 0.1) is 5.92 Å². The van der Waals surface area contributed by atoms with E-state index in [4.69, 9.17) is 4.74 Å². The molecule has 0 aromatic carbocycles. The molecule has 3 atom stereocenters. The molecule has 3 aliphatic rings. The maximum absolute atomic E-state index is 5.88. The first-order chi connectivity index (χ1) is 10.3. The van der Waals surface area contributed by atoms with Crippen LogP contribution in [0.5, 0.6) is 0 Å². The van der Waals surface area contributed by atoms with Crippen LogP contribution in [0.25, 0.3) is 0 Å². The maximum Gasteiger partial charge on any atom is 0.191 e. The number of hydrogen-bond acceptors (Lipinski definition) is 2. The van der Waals surface area contributed by atoms with E-state index in [0.717, 1.165) is 24.8 Å². The lowest BCUT2D eigenvalue weighted by molar-refractivity contribution is 0.0992. The zero-order valence-electron chi connectivity index (χ0n) is 13.4. The number of guanidine groups is 1. The highest BCUT2D eigenvalue weighted by atomic mass is 16.5. The van der Waals surface area contributed by atoms with Gasteiger partial charge in [0.15, 0.2) is 5.96 Å². The monoisotopic (exact) mass is 293 g/mol. The molecule has 2 heterocycles. The minimum absolute atomic E-state index is 0.413. The van der Waals surface area contributed by atoms with Crippen molar-refractivity contribution >= 4 is 5.96 Å². The summed E-state index contributed by atoms with van der Waals surface area (Å²) < 4.78 is 5.88. The average molecular weight is 293 g/mol. The largest absolute Gasteiger partial charge is 0.373 e. The van der Waals surface area contributed by atoms with Crippen molar-refractivity contribution in [1.82, 2.24) is 10.6 Å². The molecule has 2 bridgehead atoms. The number of fused-ring (bicyclic) bond motifs is 2. The van der Waals surface area contributed by atoms with E-state index < -0.39 is 0 Å². The molecule has 0 amide bonds. The lowest BCUT2D eigenvalue weighted by Crippen LogP contribution is -2.47. The molecule has 0 spiro atoms. The van der Waals surface area contributed by atoms with E-state index in [1.807, 2.05) is 7.05 Å². The summed E-state index contributed by atoms with van der Waals surface area (Å²) in [4.78, 5) is 4.35. The standard InChI is InChI=1S/C17H31N3O/c1-18-17(20-15-12-14-9-10-16(15)21-14)19-11-5-4-8-13-6-2-3-7-13/h13-16H,2-12H2,1H3,(H2,18,19,20). The van der Waals surface area contributed by atoms with Gasteiger partial charge in [0.05, 0.1) is 18.2 Å². The highest BCUT2D eigenvalue weighted by Gasteiger charge is 2.41. The van der Waals surface area contributed by atoms with Gasteiger partial charge < -0.3 is 15.4 Å². The van der Waals surface area contributed by atoms with Crippen LogP contribution in [0.2, 0.25) is 0 Å². The summed E-state index contributed by atoms with van der Waals surface area (Å²) in [7, 11) is 1.86. The number of nitrogens with zero attached hydrogens (tertiary/aromatic N) is 1. The summed E-state index contributed by atoms with van der Waals surface area (Å²) in [6.45, 7) is 1.04. The van der Waals surface area contributed by atoms with Gasteiger partial charge in [-0.05, 0) is 31.6 Å². The molecule has 4 heteroatoms. The van der Waals surface area contributed by atoms with E-state index in [2.05, 4.69) is 15.6 Å². The number of rotatable bonds is 6. The summed E-state index contributed by atoms with van der Waals surface area (Å²) in [5.74, 6) is 1.98. The first kappa shape index (κ1) is 15.1. The van der Waals surface area contributed by atoms with Gasteiger partial charge in [-0.3, -0.25) is 4.99 Å². The van der Waals surface area contributed by atoms with Gasteiger partial charge in [-0.15, -0.1) is 0 Å². The normalized spacial score (nSPS) is 32.8. The van der Waals surface area contributed by atoms with Crippen molar-refractivity contribution in [3.8, 4) is 0 Å². The summed E-state index contributed by atoms with van der Waals surface area (Å²) in [5.41, 5.74) is 0. The fourth-order valence-corrected chi connectivity index (χ4v) is 4.22. The molecule has 2 saturated heterocycles. The average Bonchev–Trinajstić information content (AvgIpc) is 3.23. The Labute approximate surface area is 129 Å². The zero-order chi connectivity index (χ0) is 14.5. The molecule has 0 aromatic rings. The number of nitrogens with one attached hydrogen (secondary N) is 2. The van der Waals surface area contributed by atoms with Crippen LogP contribution >= 0.6 is 0 Å². The Morgan fingerprint density at radius 3 is 2.67 bits per heavy atom. The number of ether oxygens (including phenoxy) is 1. The lowest BCUT2D eigenvalue weighted by atomic mass is 9.96. The molecular formula is C17H31N3O. The van der Waals surface area contributed by atoms with E-state index in [0.29, 0.717) is 18.2 Å². The maximum atomic E-state index is 5.88. The summed E-state index contributed by atoms with van der Waals surface area (Å²) in [6, 6.07) is 0.466. The third kappa shape index (κ3) is 4.12. The highest BCUT2D eigenvalue weighted by Crippen LogP contribution is 2.34. The van der Waals surface area contributed by atoms with E-state index in [-0.39, 0.29) is 0 Å². The summed E-state index contributed by atoms with van der Waals surface area (Å²) in [6.07, 6.45) is 14.4. The smallest absolute Gasteiger partial charge is 0.191 e. The minimum Gasteiger partial charge on any atom is -0.373 e. The van der Waals surface area contributed by atoms with Crippen LogP contribution in [0.3, 0.4) is 0 Å². The Morgan fingerprint density at radius 2 is 2.00 bits per heavy atom. The number of unbranched alkanes of at least 4 members (excludes halogenated alkanes) is 1. The van der Waals surface area contributed by atoms with Gasteiger partial charge in [-0.1, -0.05) is 38.5 Å². The fraction of sp³-hybridized carbons (Fsp3) is 0.941. The second-order valence-electron chi connectivity index (χ2n) is 7.01. The van der Waals surface area contributed by atoms with E-state index in [1.54, 1.807) is 0 Å². The van der Waals surface area contributed by atoms with Crippen LogP contribution < -0.4 is 10.6 Å². The lowest BCUT2D eigenvalue weighted by Gasteiger charge is -2.22. The van der Waals surface area contributed by atoms with Gasteiger partial charge in [0, 0.05) is 13.6 Å². The summed E-state index contributed by atoms with van der Waals surface area (Å²) >= 11 is 0. The van der Waals surface area contributed by atoms with Crippen LogP contribution in [0.4, 0.5) is 0 Å². The van der Waals surface area contributed by atoms with Crippen LogP contribution in [-0.2, 0) is 4.74 Å². The van der Waals surface area contributed by atoms with E-state index >= 15 is 0 Å². The molecule has 2 N–H and O–H groups in total. The topological polar surface area (TPSA) is 45.7 Å². The van der Waals surface area contributed by atoms with Crippen LogP contribution in [0.1, 0.15) is 64.2 Å². The van der Waals surface area contributed by atoms with Crippen molar-refractivity contribution in [2.24, 2.45) is 10.9 Å². The Balaban J connectivity index is 1.28. The minimum atomic E-state index is 0.413. The Morgan fingerprint density at radius 1 is 1.14 bits per heavy atom. The molecule has 3 unspecified atom stereocenters. The van der Waals surface area contributed by atoms with Crippen LogP contribution in [0.15, 0.2) is 4.99 Å². The molecule has 1 saturated carbocycles. The Kier molecular flexibility index (Phi) is 5.39. The molecular weight excluding hydrogens is 262 g/mol. The van der Waals surface area contributed by atoms with E-state index in [1.165, 1.54) is 57.8 Å². The van der Waals surface area contributed by atoms with Gasteiger partial charge in [-0.2, -0.15) is 0 Å². The predicted molar refractivity (Wildman–Crippen MR) is 86.6 cm³/mol. The molecule has 21 heavy (non-hydrogen) atoms. The SMILES string of the molecule is CN=C(NCCCCC1CCCC1)NC1CC2CCC1O2. The fourth-order valence-electron chi connectivity index (χ4n) is 4.22. The van der Waals surface area contributed by atoms with Gasteiger partial charge in [0.2, 0.25) is 0 Å². The molecule has 0 radical (unpaired) electrons. The van der Waals surface area contributed by atoms with Crippen LogP contribution in [-0.4, -0.2) is 37.8 Å². The Bertz CT molecular complexity index is 352. The van der Waals surface area contributed by atoms with Crippen molar-refractivity contribution < 1.29 is 4.74 Å². The Hall–Kier alpha value is -0.770. The number of hydrogen-bond donors (Lipinski definition) is 2. The summed E-state index contributed by atoms with van der Waals surface area (Å²) in [5, 5.41) is 7.01. The molecule has 120 valence electrons. The second kappa shape index (κ2) is 7.48. The van der Waals surface area contributed by atoms with E-state index in [9.17, 15) is 0 Å². The second-order valence-corrected chi connectivity index (χ2v) is 7.01. The first-order valence-corrected chi connectivity index (χ1v) is 8.98. The third-order valence-electron chi connectivity index (χ3n) is 5.46. The zero-order valence-corrected chi connectivity index (χ0v) is 13.4. The van der Waals surface area contributed by atoms with Crippen molar-refractivity contribution in [2.45, 2.75) is 82.5 Å².